The van der Waals surface area contributed by atoms with Gasteiger partial charge in [0.15, 0.2) is 0 Å². The molecule has 0 radical (unpaired) electrons. The first-order chi connectivity index (χ1) is 17.3. The van der Waals surface area contributed by atoms with Crippen LogP contribution in [0.2, 0.25) is 0 Å². The van der Waals surface area contributed by atoms with Gasteiger partial charge in [0.1, 0.15) is 17.0 Å². The molecule has 0 bridgehead atoms. The van der Waals surface area contributed by atoms with E-state index in [0.29, 0.717) is 42.1 Å². The summed E-state index contributed by atoms with van der Waals surface area (Å²) in [5, 5.41) is 6.85. The first kappa shape index (κ1) is 26.0. The molecule has 0 unspecified atom stereocenters. The van der Waals surface area contributed by atoms with Gasteiger partial charge in [-0.25, -0.2) is 0 Å². The number of nitrogens with zero attached hydrogens (tertiary/aromatic N) is 2. The minimum Gasteiger partial charge on any atom is -0.497 e. The summed E-state index contributed by atoms with van der Waals surface area (Å²) in [5.41, 5.74) is 0.506. The minimum atomic E-state index is -1.09. The summed E-state index contributed by atoms with van der Waals surface area (Å²) in [7, 11) is 3.20. The summed E-state index contributed by atoms with van der Waals surface area (Å²) in [4.78, 5) is 41.8. The third-order valence-corrected chi connectivity index (χ3v) is 7.49. The van der Waals surface area contributed by atoms with E-state index in [1.807, 2.05) is 29.7 Å². The number of carbonyl (C=O) groups excluding carboxylic acids is 3. The summed E-state index contributed by atoms with van der Waals surface area (Å²) >= 11 is 0. The number of nitrogens with one attached hydrogen (secondary N) is 2. The van der Waals surface area contributed by atoms with Crippen LogP contribution >= 0.6 is 0 Å². The third kappa shape index (κ3) is 4.93. The lowest BCUT2D eigenvalue weighted by Gasteiger charge is -2.45. The van der Waals surface area contributed by atoms with Crippen LogP contribution in [0.25, 0.3) is 10.9 Å². The molecule has 0 saturated heterocycles. The van der Waals surface area contributed by atoms with Gasteiger partial charge in [-0.1, -0.05) is 25.7 Å². The zero-order chi connectivity index (χ0) is 25.9. The molecule has 1 aliphatic heterocycles. The van der Waals surface area contributed by atoms with Gasteiger partial charge in [-0.2, -0.15) is 0 Å². The minimum absolute atomic E-state index is 0.120. The van der Waals surface area contributed by atoms with Crippen molar-refractivity contribution in [3.8, 4) is 5.75 Å². The van der Waals surface area contributed by atoms with E-state index in [0.717, 1.165) is 31.2 Å². The van der Waals surface area contributed by atoms with Crippen molar-refractivity contribution in [1.29, 1.82) is 0 Å². The van der Waals surface area contributed by atoms with E-state index in [1.165, 1.54) is 19.8 Å². The molecule has 4 rings (SSSR count). The Morgan fingerprint density at radius 3 is 2.50 bits per heavy atom. The zero-order valence-corrected chi connectivity index (χ0v) is 21.8. The number of carbonyl (C=O) groups is 3. The first-order valence-electron chi connectivity index (χ1n) is 12.9. The van der Waals surface area contributed by atoms with Gasteiger partial charge < -0.3 is 29.6 Å². The van der Waals surface area contributed by atoms with E-state index >= 15 is 0 Å². The number of fused-ring (bicyclic) bond motifs is 3. The Hall–Kier alpha value is -3.07. The van der Waals surface area contributed by atoms with Gasteiger partial charge in [-0.05, 0) is 44.4 Å². The molecule has 196 valence electrons. The monoisotopic (exact) mass is 498 g/mol. The van der Waals surface area contributed by atoms with Crippen molar-refractivity contribution >= 4 is 34.3 Å². The second-order valence-corrected chi connectivity index (χ2v) is 10.1. The summed E-state index contributed by atoms with van der Waals surface area (Å²) in [6, 6.07) is 5.64. The molecule has 2 N–H and O–H groups in total. The third-order valence-electron chi connectivity index (χ3n) is 7.49. The molecule has 3 amide bonds. The number of methoxy groups -OCH3 is 2. The average molecular weight is 499 g/mol. The normalized spacial score (nSPS) is 20.7. The highest BCUT2D eigenvalue weighted by molar-refractivity contribution is 6.14. The van der Waals surface area contributed by atoms with Crippen molar-refractivity contribution in [2.45, 2.75) is 76.9 Å². The number of aromatic nitrogens is 1. The summed E-state index contributed by atoms with van der Waals surface area (Å²) in [6.45, 7) is 4.39. The highest BCUT2D eigenvalue weighted by atomic mass is 16.5. The van der Waals surface area contributed by atoms with Gasteiger partial charge in [0.05, 0.1) is 24.9 Å². The van der Waals surface area contributed by atoms with Crippen molar-refractivity contribution < 1.29 is 23.9 Å². The van der Waals surface area contributed by atoms with E-state index in [2.05, 4.69) is 10.6 Å². The molecule has 1 aromatic carbocycles. The maximum Gasteiger partial charge on any atom is 0.273 e. The van der Waals surface area contributed by atoms with Crippen molar-refractivity contribution in [1.82, 2.24) is 14.8 Å². The molecule has 9 nitrogen and oxygen atoms in total. The second kappa shape index (κ2) is 10.9. The smallest absolute Gasteiger partial charge is 0.273 e. The Labute approximate surface area is 212 Å². The van der Waals surface area contributed by atoms with Crippen molar-refractivity contribution in [3.05, 3.63) is 23.9 Å². The molecule has 1 fully saturated rings. The molecule has 1 atom stereocenters. The summed E-state index contributed by atoms with van der Waals surface area (Å²) in [5.74, 6) is -0.0707. The van der Waals surface area contributed by atoms with Crippen LogP contribution in [0.15, 0.2) is 18.2 Å². The fourth-order valence-electron chi connectivity index (χ4n) is 5.57. The van der Waals surface area contributed by atoms with Crippen LogP contribution in [0.3, 0.4) is 0 Å². The largest absolute Gasteiger partial charge is 0.497 e. The van der Waals surface area contributed by atoms with Crippen molar-refractivity contribution in [3.63, 3.8) is 0 Å². The van der Waals surface area contributed by atoms with Crippen LogP contribution in [0.1, 0.15) is 69.3 Å². The van der Waals surface area contributed by atoms with Gasteiger partial charge in [0.25, 0.3) is 5.91 Å². The lowest BCUT2D eigenvalue weighted by Crippen LogP contribution is -2.65. The first-order valence-corrected chi connectivity index (χ1v) is 12.9. The maximum absolute atomic E-state index is 14.1. The molecular weight excluding hydrogens is 460 g/mol. The molecule has 2 aromatic rings. The van der Waals surface area contributed by atoms with Gasteiger partial charge >= 0.3 is 0 Å². The SMILES string of the molecule is COCCCN1C(=O)c2c(NC(C)=O)c3cc(OC)ccc3n2C[C@]1(C)C(=O)NC1CCCCCC1. The Kier molecular flexibility index (Phi) is 7.88. The van der Waals surface area contributed by atoms with E-state index in [9.17, 15) is 14.4 Å². The molecule has 2 heterocycles. The van der Waals surface area contributed by atoms with Gasteiger partial charge in [0.2, 0.25) is 11.8 Å². The van der Waals surface area contributed by atoms with Crippen LogP contribution < -0.4 is 15.4 Å². The van der Waals surface area contributed by atoms with Crippen LogP contribution in [0.5, 0.6) is 5.75 Å². The molecule has 1 aromatic heterocycles. The topological polar surface area (TPSA) is 102 Å². The predicted octanol–water partition coefficient (Wildman–Crippen LogP) is 3.70. The van der Waals surface area contributed by atoms with Crippen LogP contribution in [0, 0.1) is 0 Å². The highest BCUT2D eigenvalue weighted by Crippen LogP contribution is 2.40. The van der Waals surface area contributed by atoms with Crippen LogP contribution in [-0.4, -0.2) is 66.1 Å². The van der Waals surface area contributed by atoms with Gasteiger partial charge in [-0.3, -0.25) is 14.4 Å². The lowest BCUT2D eigenvalue weighted by molar-refractivity contribution is -0.133. The second-order valence-electron chi connectivity index (χ2n) is 10.1. The number of hydrogen-bond acceptors (Lipinski definition) is 5. The number of amides is 3. The Morgan fingerprint density at radius 2 is 1.86 bits per heavy atom. The average Bonchev–Trinajstić information content (AvgIpc) is 2.99. The molecule has 36 heavy (non-hydrogen) atoms. The molecule has 1 saturated carbocycles. The molecule has 9 heteroatoms. The molecule has 2 aliphatic rings. The fraction of sp³-hybridized carbons (Fsp3) is 0.593. The predicted molar refractivity (Wildman–Crippen MR) is 138 cm³/mol. The van der Waals surface area contributed by atoms with Gasteiger partial charge in [-0.15, -0.1) is 0 Å². The summed E-state index contributed by atoms with van der Waals surface area (Å²) < 4.78 is 12.5. The quantitative estimate of drug-likeness (QED) is 0.427. The molecular formula is C27H38N4O5. The molecule has 0 spiro atoms. The Balaban J connectivity index is 1.79. The summed E-state index contributed by atoms with van der Waals surface area (Å²) in [6.07, 6.45) is 7.11. The van der Waals surface area contributed by atoms with E-state index in [-0.39, 0.29) is 30.3 Å². The van der Waals surface area contributed by atoms with Crippen LogP contribution in [-0.2, 0) is 20.9 Å². The standard InChI is InChI=1S/C27H38N4O5/c1-18(32)28-23-21-16-20(36-4)12-13-22(21)30-17-27(2,26(34)29-19-10-7-5-6-8-11-19)31(14-9-15-35-3)25(33)24(23)30/h12-13,16,19H,5-11,14-15,17H2,1-4H3,(H,28,32)(H,29,34)/t27-/m1/s1. The van der Waals surface area contributed by atoms with Crippen molar-refractivity contribution in [2.24, 2.45) is 0 Å². The maximum atomic E-state index is 14.1. The Morgan fingerprint density at radius 1 is 1.14 bits per heavy atom. The van der Waals surface area contributed by atoms with E-state index in [1.54, 1.807) is 19.1 Å². The van der Waals surface area contributed by atoms with Crippen LogP contribution in [0.4, 0.5) is 5.69 Å². The number of benzene rings is 1. The number of rotatable bonds is 8. The highest BCUT2D eigenvalue weighted by Gasteiger charge is 2.49. The van der Waals surface area contributed by atoms with Gasteiger partial charge in [0, 0.05) is 38.6 Å². The van der Waals surface area contributed by atoms with Crippen molar-refractivity contribution in [2.75, 3.05) is 32.7 Å². The molecule has 1 aliphatic carbocycles. The lowest BCUT2D eigenvalue weighted by atomic mass is 9.93. The number of ether oxygens (including phenoxy) is 2. The number of hydrogen-bond donors (Lipinski definition) is 2. The van der Waals surface area contributed by atoms with E-state index in [4.69, 9.17) is 9.47 Å². The fourth-order valence-corrected chi connectivity index (χ4v) is 5.57. The van der Waals surface area contributed by atoms with E-state index < -0.39 is 5.54 Å². The zero-order valence-electron chi connectivity index (χ0n) is 21.8. The number of anilines is 1. The Bertz CT molecular complexity index is 1130.